The molecule has 35 heavy (non-hydrogen) atoms. The quantitative estimate of drug-likeness (QED) is 0.319. The molecule has 0 aliphatic heterocycles. The van der Waals surface area contributed by atoms with Gasteiger partial charge in [-0.1, -0.05) is 35.9 Å². The molecule has 7 heteroatoms. The standard InChI is InChI=1S/C28H23FN6/c1-35-28-23(11-20(14-32-28)19(13-30)6-2-4-17-8-9-17)27(34-35)25-12-22-24(15-31-16-26(22)33-25)18-5-3-7-21(29)10-18/h2-7,10-16,33H,8-9,30H2,1H3/b6-2-,19-13+. The average Bonchev–Trinajstić information content (AvgIpc) is 3.49. The average molecular weight is 463 g/mol. The van der Waals surface area contributed by atoms with E-state index in [1.807, 2.05) is 37.5 Å². The summed E-state index contributed by atoms with van der Waals surface area (Å²) in [6.45, 7) is 0. The number of allylic oxidation sites excluding steroid dienone is 5. The first kappa shape index (κ1) is 21.0. The van der Waals surface area contributed by atoms with Gasteiger partial charge in [-0.05, 0) is 48.2 Å². The van der Waals surface area contributed by atoms with Crippen LogP contribution in [0, 0.1) is 5.82 Å². The molecule has 6 nitrogen and oxygen atoms in total. The highest BCUT2D eigenvalue weighted by Crippen LogP contribution is 2.34. The zero-order valence-corrected chi connectivity index (χ0v) is 19.2. The Balaban J connectivity index is 1.46. The van der Waals surface area contributed by atoms with Gasteiger partial charge in [0.05, 0.1) is 17.4 Å². The SMILES string of the molecule is Cn1nc(-c2cc3c(-c4cccc(F)c4)cncc3[nH]2)c2cc(C(/C=C\C=C3CC3)=C/N)cnc21. The molecule has 0 spiro atoms. The summed E-state index contributed by atoms with van der Waals surface area (Å²) in [6, 6.07) is 10.6. The fraction of sp³-hybridized carbons (Fsp3) is 0.107. The second-order valence-corrected chi connectivity index (χ2v) is 8.72. The molecule has 1 fully saturated rings. The molecule has 172 valence electrons. The summed E-state index contributed by atoms with van der Waals surface area (Å²) in [6.07, 6.45) is 15.5. The van der Waals surface area contributed by atoms with Gasteiger partial charge < -0.3 is 10.7 Å². The van der Waals surface area contributed by atoms with Crippen molar-refractivity contribution in [3.63, 3.8) is 0 Å². The van der Waals surface area contributed by atoms with Crippen LogP contribution in [0.3, 0.4) is 0 Å². The number of nitrogens with zero attached hydrogens (tertiary/aromatic N) is 4. The first-order chi connectivity index (χ1) is 17.1. The normalized spacial score (nSPS) is 13.9. The van der Waals surface area contributed by atoms with Crippen LogP contribution in [0.4, 0.5) is 4.39 Å². The van der Waals surface area contributed by atoms with Gasteiger partial charge >= 0.3 is 0 Å². The number of halogens is 1. The van der Waals surface area contributed by atoms with Crippen molar-refractivity contribution in [3.05, 3.63) is 96.4 Å². The van der Waals surface area contributed by atoms with Gasteiger partial charge in [0, 0.05) is 47.5 Å². The van der Waals surface area contributed by atoms with Gasteiger partial charge in [-0.15, -0.1) is 0 Å². The molecule has 1 aliphatic carbocycles. The summed E-state index contributed by atoms with van der Waals surface area (Å²) in [4.78, 5) is 12.5. The first-order valence-corrected chi connectivity index (χ1v) is 11.4. The van der Waals surface area contributed by atoms with Gasteiger partial charge in [-0.3, -0.25) is 4.98 Å². The molecule has 6 rings (SSSR count). The molecule has 1 saturated carbocycles. The van der Waals surface area contributed by atoms with Crippen molar-refractivity contribution in [1.82, 2.24) is 24.7 Å². The summed E-state index contributed by atoms with van der Waals surface area (Å²) >= 11 is 0. The molecule has 1 aromatic carbocycles. The van der Waals surface area contributed by atoms with Crippen molar-refractivity contribution in [2.45, 2.75) is 12.8 Å². The Morgan fingerprint density at radius 3 is 2.80 bits per heavy atom. The number of benzene rings is 1. The van der Waals surface area contributed by atoms with E-state index >= 15 is 0 Å². The highest BCUT2D eigenvalue weighted by molar-refractivity contribution is 6.00. The van der Waals surface area contributed by atoms with Crippen molar-refractivity contribution in [2.24, 2.45) is 12.8 Å². The number of hydrogen-bond donors (Lipinski definition) is 2. The van der Waals surface area contributed by atoms with Gasteiger partial charge in [-0.2, -0.15) is 5.10 Å². The number of fused-ring (bicyclic) bond motifs is 2. The minimum absolute atomic E-state index is 0.282. The molecule has 0 radical (unpaired) electrons. The second kappa shape index (κ2) is 8.36. The molecule has 5 aromatic rings. The van der Waals surface area contributed by atoms with Gasteiger partial charge in [0.1, 0.15) is 11.5 Å². The van der Waals surface area contributed by atoms with Gasteiger partial charge in [0.15, 0.2) is 5.65 Å². The Labute approximate surface area is 201 Å². The fourth-order valence-electron chi connectivity index (χ4n) is 4.34. The molecule has 0 saturated heterocycles. The van der Waals surface area contributed by atoms with E-state index in [0.29, 0.717) is 0 Å². The molecule has 4 heterocycles. The van der Waals surface area contributed by atoms with Crippen LogP contribution in [0.2, 0.25) is 0 Å². The maximum atomic E-state index is 13.9. The lowest BCUT2D eigenvalue weighted by atomic mass is 10.0. The predicted molar refractivity (Wildman–Crippen MR) is 138 cm³/mol. The molecule has 0 atom stereocenters. The summed E-state index contributed by atoms with van der Waals surface area (Å²) in [5.41, 5.74) is 14.1. The van der Waals surface area contributed by atoms with Crippen LogP contribution < -0.4 is 5.73 Å². The van der Waals surface area contributed by atoms with Gasteiger partial charge in [-0.25, -0.2) is 14.1 Å². The third kappa shape index (κ3) is 3.91. The molecule has 0 unspecified atom stereocenters. The molecule has 0 bridgehead atoms. The highest BCUT2D eigenvalue weighted by Gasteiger charge is 2.17. The number of aromatic amines is 1. The van der Waals surface area contributed by atoms with Crippen LogP contribution in [0.5, 0.6) is 0 Å². The van der Waals surface area contributed by atoms with Crippen molar-refractivity contribution < 1.29 is 4.39 Å². The lowest BCUT2D eigenvalue weighted by Crippen LogP contribution is -1.93. The topological polar surface area (TPSA) is 85.4 Å². The van der Waals surface area contributed by atoms with E-state index < -0.39 is 0 Å². The zero-order chi connectivity index (χ0) is 23.9. The summed E-state index contributed by atoms with van der Waals surface area (Å²) in [7, 11) is 1.88. The van der Waals surface area contributed by atoms with Crippen molar-refractivity contribution in [3.8, 4) is 22.5 Å². The number of aryl methyl sites for hydroxylation is 1. The minimum atomic E-state index is -0.282. The largest absolute Gasteiger partial charge is 0.404 e. The fourth-order valence-corrected chi connectivity index (χ4v) is 4.34. The van der Waals surface area contributed by atoms with E-state index in [1.165, 1.54) is 30.5 Å². The lowest BCUT2D eigenvalue weighted by molar-refractivity contribution is 0.628. The van der Waals surface area contributed by atoms with Crippen molar-refractivity contribution >= 4 is 27.5 Å². The van der Waals surface area contributed by atoms with Crippen LogP contribution >= 0.6 is 0 Å². The minimum Gasteiger partial charge on any atom is -0.404 e. The van der Waals surface area contributed by atoms with Crippen LogP contribution in [0.15, 0.2) is 85.0 Å². The summed E-state index contributed by atoms with van der Waals surface area (Å²) in [5.74, 6) is -0.282. The third-order valence-corrected chi connectivity index (χ3v) is 6.27. The third-order valence-electron chi connectivity index (χ3n) is 6.27. The Morgan fingerprint density at radius 1 is 1.11 bits per heavy atom. The van der Waals surface area contributed by atoms with Crippen LogP contribution in [-0.2, 0) is 7.05 Å². The predicted octanol–water partition coefficient (Wildman–Crippen LogP) is 5.89. The number of H-pyrrole nitrogens is 1. The number of pyridine rings is 2. The van der Waals surface area contributed by atoms with E-state index in [4.69, 9.17) is 10.8 Å². The number of nitrogens with one attached hydrogen (secondary N) is 1. The molecule has 3 N–H and O–H groups in total. The molecular formula is C28H23FN6. The summed E-state index contributed by atoms with van der Waals surface area (Å²) < 4.78 is 15.7. The molecular weight excluding hydrogens is 439 g/mol. The van der Waals surface area contributed by atoms with Crippen molar-refractivity contribution in [2.75, 3.05) is 0 Å². The first-order valence-electron chi connectivity index (χ1n) is 11.4. The smallest absolute Gasteiger partial charge is 0.158 e. The van der Waals surface area contributed by atoms with Crippen LogP contribution in [0.25, 0.3) is 50.0 Å². The molecule has 0 amide bonds. The lowest BCUT2D eigenvalue weighted by Gasteiger charge is -2.03. The van der Waals surface area contributed by atoms with Gasteiger partial charge in [0.2, 0.25) is 0 Å². The Hall–Kier alpha value is -4.52. The number of hydrogen-bond acceptors (Lipinski definition) is 4. The highest BCUT2D eigenvalue weighted by atomic mass is 19.1. The Bertz CT molecular complexity index is 1680. The van der Waals surface area contributed by atoms with E-state index in [-0.39, 0.29) is 5.82 Å². The Morgan fingerprint density at radius 2 is 2.00 bits per heavy atom. The van der Waals surface area contributed by atoms with E-state index in [1.54, 1.807) is 29.3 Å². The van der Waals surface area contributed by atoms with E-state index in [2.05, 4.69) is 27.1 Å². The monoisotopic (exact) mass is 462 g/mol. The maximum Gasteiger partial charge on any atom is 0.158 e. The summed E-state index contributed by atoms with van der Waals surface area (Å²) in [5, 5.41) is 6.61. The van der Waals surface area contributed by atoms with E-state index in [0.717, 1.165) is 55.6 Å². The number of rotatable bonds is 5. The number of aromatic nitrogens is 5. The Kier molecular flexibility index (Phi) is 5.03. The molecule has 4 aromatic heterocycles. The van der Waals surface area contributed by atoms with E-state index in [9.17, 15) is 4.39 Å². The zero-order valence-electron chi connectivity index (χ0n) is 19.2. The molecule has 1 aliphatic rings. The van der Waals surface area contributed by atoms with Crippen molar-refractivity contribution in [1.29, 1.82) is 0 Å². The maximum absolute atomic E-state index is 13.9. The van der Waals surface area contributed by atoms with Crippen LogP contribution in [0.1, 0.15) is 18.4 Å². The number of nitrogens with two attached hydrogens (primary N) is 1. The van der Waals surface area contributed by atoms with Crippen LogP contribution in [-0.4, -0.2) is 24.7 Å². The second-order valence-electron chi connectivity index (χ2n) is 8.72. The van der Waals surface area contributed by atoms with Gasteiger partial charge in [0.25, 0.3) is 0 Å².